The van der Waals surface area contributed by atoms with Gasteiger partial charge in [-0.3, -0.25) is 0 Å². The molecule has 0 spiro atoms. The van der Waals surface area contributed by atoms with Crippen LogP contribution in [0.1, 0.15) is 5.56 Å². The molecule has 0 saturated carbocycles. The Morgan fingerprint density at radius 2 is 2.00 bits per heavy atom. The van der Waals surface area contributed by atoms with Crippen molar-refractivity contribution in [2.45, 2.75) is 6.61 Å². The van der Waals surface area contributed by atoms with E-state index in [1.807, 2.05) is 6.07 Å². The summed E-state index contributed by atoms with van der Waals surface area (Å²) in [6, 6.07) is 5.41. The number of alkyl halides is 2. The minimum atomic E-state index is -2.99. The van der Waals surface area contributed by atoms with Crippen molar-refractivity contribution >= 4 is 0 Å². The van der Waals surface area contributed by atoms with Gasteiger partial charge in [0.1, 0.15) is 5.82 Å². The molecule has 7 heteroatoms. The summed E-state index contributed by atoms with van der Waals surface area (Å²) >= 11 is 0. The van der Waals surface area contributed by atoms with Crippen LogP contribution in [0, 0.1) is 17.1 Å². The average molecular weight is 265 g/mol. The summed E-state index contributed by atoms with van der Waals surface area (Å²) in [4.78, 5) is 7.47. The lowest BCUT2D eigenvalue weighted by Crippen LogP contribution is -2.04. The van der Waals surface area contributed by atoms with Crippen LogP contribution in [0.5, 0.6) is 5.88 Å². The molecule has 0 aliphatic rings. The molecule has 0 N–H and O–H groups in total. The number of hydrogen-bond acceptors (Lipinski definition) is 4. The molecule has 0 amide bonds. The van der Waals surface area contributed by atoms with E-state index in [1.54, 1.807) is 0 Å². The second kappa shape index (κ2) is 5.35. The number of nitriles is 1. The third-order valence-electron chi connectivity index (χ3n) is 2.22. The largest absolute Gasteiger partial charge is 0.415 e. The Bertz CT molecular complexity index is 623. The van der Waals surface area contributed by atoms with E-state index in [4.69, 9.17) is 5.26 Å². The molecule has 0 saturated heterocycles. The van der Waals surface area contributed by atoms with Crippen LogP contribution in [-0.4, -0.2) is 16.6 Å². The predicted molar refractivity (Wildman–Crippen MR) is 58.8 cm³/mol. The zero-order chi connectivity index (χ0) is 13.8. The maximum absolute atomic E-state index is 13.0. The topological polar surface area (TPSA) is 58.8 Å². The fourth-order valence-corrected chi connectivity index (χ4v) is 1.44. The van der Waals surface area contributed by atoms with E-state index in [2.05, 4.69) is 14.7 Å². The SMILES string of the molecule is N#Cc1cc(F)ccc1-c1cnc(OC(F)F)cn1. The van der Waals surface area contributed by atoms with Crippen LogP contribution in [0.3, 0.4) is 0 Å². The van der Waals surface area contributed by atoms with Gasteiger partial charge in [0.05, 0.1) is 29.7 Å². The van der Waals surface area contributed by atoms with Crippen molar-refractivity contribution < 1.29 is 17.9 Å². The first-order valence-electron chi connectivity index (χ1n) is 5.07. The van der Waals surface area contributed by atoms with Crippen LogP contribution in [0.15, 0.2) is 30.6 Å². The minimum Gasteiger partial charge on any atom is -0.415 e. The van der Waals surface area contributed by atoms with E-state index in [1.165, 1.54) is 18.3 Å². The number of ether oxygens (including phenoxy) is 1. The second-order valence-electron chi connectivity index (χ2n) is 3.42. The van der Waals surface area contributed by atoms with Gasteiger partial charge in [0.2, 0.25) is 5.88 Å². The van der Waals surface area contributed by atoms with Crippen LogP contribution in [0.2, 0.25) is 0 Å². The van der Waals surface area contributed by atoms with Gasteiger partial charge in [-0.05, 0) is 18.2 Å². The number of benzene rings is 1. The van der Waals surface area contributed by atoms with Gasteiger partial charge in [-0.15, -0.1) is 0 Å². The van der Waals surface area contributed by atoms with Gasteiger partial charge in [-0.1, -0.05) is 0 Å². The Morgan fingerprint density at radius 1 is 1.21 bits per heavy atom. The monoisotopic (exact) mass is 265 g/mol. The summed E-state index contributed by atoms with van der Waals surface area (Å²) in [5, 5.41) is 8.89. The van der Waals surface area contributed by atoms with Gasteiger partial charge in [-0.25, -0.2) is 14.4 Å². The van der Waals surface area contributed by atoms with Crippen LogP contribution in [-0.2, 0) is 0 Å². The standard InChI is InChI=1S/C12H6F3N3O/c13-8-1-2-9(7(3-8)4-16)10-5-18-11(6-17-10)19-12(14)15/h1-3,5-6,12H. The van der Waals surface area contributed by atoms with E-state index in [0.29, 0.717) is 5.56 Å². The molecule has 19 heavy (non-hydrogen) atoms. The van der Waals surface area contributed by atoms with Crippen LogP contribution >= 0.6 is 0 Å². The summed E-state index contributed by atoms with van der Waals surface area (Å²) in [5.74, 6) is -0.884. The lowest BCUT2D eigenvalue weighted by Gasteiger charge is -2.05. The first kappa shape index (κ1) is 12.8. The van der Waals surface area contributed by atoms with Crippen molar-refractivity contribution in [1.82, 2.24) is 9.97 Å². The molecule has 1 aromatic heterocycles. The summed E-state index contributed by atoms with van der Waals surface area (Å²) in [6.45, 7) is -2.99. The smallest absolute Gasteiger partial charge is 0.388 e. The fourth-order valence-electron chi connectivity index (χ4n) is 1.44. The average Bonchev–Trinajstić information content (AvgIpc) is 2.39. The number of rotatable bonds is 3. The van der Waals surface area contributed by atoms with Crippen molar-refractivity contribution in [3.63, 3.8) is 0 Å². The second-order valence-corrected chi connectivity index (χ2v) is 3.42. The highest BCUT2D eigenvalue weighted by atomic mass is 19.3. The summed E-state index contributed by atoms with van der Waals surface area (Å²) in [6.07, 6.45) is 2.18. The maximum atomic E-state index is 13.0. The number of hydrogen-bond donors (Lipinski definition) is 0. The molecule has 1 heterocycles. The number of nitrogens with zero attached hydrogens (tertiary/aromatic N) is 3. The number of halogens is 3. The number of aromatic nitrogens is 2. The maximum Gasteiger partial charge on any atom is 0.388 e. The van der Waals surface area contributed by atoms with E-state index in [9.17, 15) is 13.2 Å². The minimum absolute atomic E-state index is 0.0804. The summed E-state index contributed by atoms with van der Waals surface area (Å²) in [7, 11) is 0. The van der Waals surface area contributed by atoms with Crippen LogP contribution in [0.4, 0.5) is 13.2 Å². The molecule has 0 fully saturated rings. The molecular formula is C12H6F3N3O. The molecule has 0 aliphatic heterocycles. The van der Waals surface area contributed by atoms with Crippen molar-refractivity contribution in [2.24, 2.45) is 0 Å². The van der Waals surface area contributed by atoms with E-state index in [-0.39, 0.29) is 17.1 Å². The molecule has 2 rings (SSSR count). The molecule has 0 bridgehead atoms. The third kappa shape index (κ3) is 2.98. The zero-order valence-corrected chi connectivity index (χ0v) is 9.35. The Balaban J connectivity index is 2.35. The molecule has 2 aromatic rings. The van der Waals surface area contributed by atoms with Crippen molar-refractivity contribution in [2.75, 3.05) is 0 Å². The quantitative estimate of drug-likeness (QED) is 0.856. The lowest BCUT2D eigenvalue weighted by molar-refractivity contribution is -0.0530. The predicted octanol–water partition coefficient (Wildman–Crippen LogP) is 2.76. The highest BCUT2D eigenvalue weighted by Gasteiger charge is 2.10. The zero-order valence-electron chi connectivity index (χ0n) is 9.35. The molecule has 0 atom stereocenters. The Hall–Kier alpha value is -2.62. The van der Waals surface area contributed by atoms with Crippen LogP contribution < -0.4 is 4.74 Å². The highest BCUT2D eigenvalue weighted by molar-refractivity contribution is 5.66. The molecule has 0 radical (unpaired) electrons. The molecule has 4 nitrogen and oxygen atoms in total. The Labute approximate surface area is 106 Å². The molecule has 96 valence electrons. The summed E-state index contributed by atoms with van der Waals surface area (Å²) in [5.41, 5.74) is 0.704. The van der Waals surface area contributed by atoms with Gasteiger partial charge in [0, 0.05) is 5.56 Å². The van der Waals surface area contributed by atoms with Crippen molar-refractivity contribution in [3.05, 3.63) is 42.0 Å². The van der Waals surface area contributed by atoms with Gasteiger partial charge in [0.15, 0.2) is 0 Å². The third-order valence-corrected chi connectivity index (χ3v) is 2.22. The van der Waals surface area contributed by atoms with E-state index in [0.717, 1.165) is 12.3 Å². The van der Waals surface area contributed by atoms with Gasteiger partial charge in [-0.2, -0.15) is 14.0 Å². The van der Waals surface area contributed by atoms with Crippen molar-refractivity contribution in [1.29, 1.82) is 5.26 Å². The van der Waals surface area contributed by atoms with Gasteiger partial charge >= 0.3 is 6.61 Å². The van der Waals surface area contributed by atoms with E-state index < -0.39 is 12.4 Å². The molecule has 0 unspecified atom stereocenters. The lowest BCUT2D eigenvalue weighted by atomic mass is 10.1. The summed E-state index contributed by atoms with van der Waals surface area (Å²) < 4.78 is 40.9. The van der Waals surface area contributed by atoms with Crippen molar-refractivity contribution in [3.8, 4) is 23.2 Å². The molecule has 1 aromatic carbocycles. The Morgan fingerprint density at radius 3 is 2.58 bits per heavy atom. The normalized spacial score (nSPS) is 10.3. The first-order chi connectivity index (χ1) is 9.10. The van der Waals surface area contributed by atoms with E-state index >= 15 is 0 Å². The first-order valence-corrected chi connectivity index (χ1v) is 5.07. The molecular weight excluding hydrogens is 259 g/mol. The fraction of sp³-hybridized carbons (Fsp3) is 0.0833. The van der Waals surface area contributed by atoms with Gasteiger partial charge < -0.3 is 4.74 Å². The Kier molecular flexibility index (Phi) is 3.61. The van der Waals surface area contributed by atoms with Gasteiger partial charge in [0.25, 0.3) is 0 Å². The molecule has 0 aliphatic carbocycles. The highest BCUT2D eigenvalue weighted by Crippen LogP contribution is 2.22. The van der Waals surface area contributed by atoms with Crippen LogP contribution in [0.25, 0.3) is 11.3 Å².